The Labute approximate surface area is 129 Å². The van der Waals surface area contributed by atoms with E-state index in [1.165, 1.54) is 16.9 Å². The highest BCUT2D eigenvalue weighted by Gasteiger charge is 2.31. The van der Waals surface area contributed by atoms with E-state index in [9.17, 15) is 13.2 Å². The summed E-state index contributed by atoms with van der Waals surface area (Å²) in [5.41, 5.74) is 0.289. The Morgan fingerprint density at radius 1 is 1.17 bits per heavy atom. The Morgan fingerprint density at radius 3 is 2.74 bits per heavy atom. The topological polar surface area (TPSA) is 68.0 Å². The van der Waals surface area contributed by atoms with E-state index in [0.29, 0.717) is 11.6 Å². The lowest BCUT2D eigenvalue weighted by molar-refractivity contribution is -0.137. The van der Waals surface area contributed by atoms with Gasteiger partial charge in [-0.2, -0.15) is 13.2 Å². The maximum Gasteiger partial charge on any atom is 0.416 e. The first-order valence-electron chi connectivity index (χ1n) is 6.93. The first-order chi connectivity index (χ1) is 11.0. The zero-order chi connectivity index (χ0) is 16.4. The molecule has 0 amide bonds. The summed E-state index contributed by atoms with van der Waals surface area (Å²) in [5, 5.41) is 10.8. The molecule has 0 aliphatic heterocycles. The Morgan fingerprint density at radius 2 is 2.00 bits per heavy atom. The van der Waals surface area contributed by atoms with Gasteiger partial charge >= 0.3 is 6.18 Å². The minimum absolute atomic E-state index is 0.147. The molecule has 23 heavy (non-hydrogen) atoms. The predicted molar refractivity (Wildman–Crippen MR) is 76.7 cm³/mol. The third kappa shape index (κ3) is 3.22. The van der Waals surface area contributed by atoms with Gasteiger partial charge in [-0.3, -0.25) is 4.40 Å². The van der Waals surface area contributed by atoms with E-state index in [0.717, 1.165) is 24.2 Å². The van der Waals surface area contributed by atoms with Crippen molar-refractivity contribution in [3.05, 3.63) is 47.8 Å². The fraction of sp³-hybridized carbons (Fsp3) is 0.286. The van der Waals surface area contributed by atoms with E-state index >= 15 is 0 Å². The van der Waals surface area contributed by atoms with E-state index in [2.05, 4.69) is 25.5 Å². The third-order valence-corrected chi connectivity index (χ3v) is 3.32. The van der Waals surface area contributed by atoms with Crippen LogP contribution in [0.25, 0.3) is 5.65 Å². The van der Waals surface area contributed by atoms with Gasteiger partial charge in [-0.15, -0.1) is 10.2 Å². The number of rotatable bonds is 4. The molecule has 120 valence electrons. The quantitative estimate of drug-likeness (QED) is 0.800. The van der Waals surface area contributed by atoms with Crippen molar-refractivity contribution in [2.75, 3.05) is 5.32 Å². The van der Waals surface area contributed by atoms with Crippen molar-refractivity contribution in [3.63, 3.8) is 0 Å². The summed E-state index contributed by atoms with van der Waals surface area (Å²) in [6.07, 6.45) is -0.847. The number of fused-ring (bicyclic) bond motifs is 1. The molecule has 0 fully saturated rings. The van der Waals surface area contributed by atoms with Crippen molar-refractivity contribution in [3.8, 4) is 0 Å². The molecule has 0 bridgehead atoms. The SMILES string of the molecule is CCc1cc(NCc2nnc3cc(C(F)(F)F)ccn23)ncn1. The van der Waals surface area contributed by atoms with Crippen molar-refractivity contribution in [2.45, 2.75) is 26.1 Å². The second-order valence-corrected chi connectivity index (χ2v) is 4.86. The fourth-order valence-corrected chi connectivity index (χ4v) is 2.09. The predicted octanol–water partition coefficient (Wildman–Crippen LogP) is 2.71. The molecule has 0 spiro atoms. The summed E-state index contributed by atoms with van der Waals surface area (Å²) in [6, 6.07) is 3.78. The number of alkyl halides is 3. The van der Waals surface area contributed by atoms with Gasteiger partial charge in [-0.1, -0.05) is 6.92 Å². The van der Waals surface area contributed by atoms with Gasteiger partial charge in [0.1, 0.15) is 12.1 Å². The van der Waals surface area contributed by atoms with Crippen LogP contribution < -0.4 is 5.32 Å². The molecule has 0 atom stereocenters. The number of hydrogen-bond donors (Lipinski definition) is 1. The maximum atomic E-state index is 12.7. The lowest BCUT2D eigenvalue weighted by atomic mass is 10.2. The average Bonchev–Trinajstić information content (AvgIpc) is 2.94. The molecular weight excluding hydrogens is 309 g/mol. The van der Waals surface area contributed by atoms with E-state index in [4.69, 9.17) is 0 Å². The number of aryl methyl sites for hydroxylation is 1. The van der Waals surface area contributed by atoms with E-state index < -0.39 is 11.7 Å². The van der Waals surface area contributed by atoms with Crippen molar-refractivity contribution in [2.24, 2.45) is 0 Å². The fourth-order valence-electron chi connectivity index (χ4n) is 2.09. The van der Waals surface area contributed by atoms with Crippen LogP contribution >= 0.6 is 0 Å². The molecule has 0 radical (unpaired) electrons. The Bertz CT molecular complexity index is 827. The van der Waals surface area contributed by atoms with Gasteiger partial charge < -0.3 is 5.32 Å². The summed E-state index contributed by atoms with van der Waals surface area (Å²) in [5.74, 6) is 1.12. The van der Waals surface area contributed by atoms with Gasteiger partial charge in [0, 0.05) is 18.0 Å². The molecule has 3 rings (SSSR count). The van der Waals surface area contributed by atoms with Crippen LogP contribution in [0.4, 0.5) is 19.0 Å². The number of nitrogens with one attached hydrogen (secondary N) is 1. The molecule has 0 aliphatic carbocycles. The normalized spacial score (nSPS) is 11.8. The van der Waals surface area contributed by atoms with Crippen LogP contribution in [0.3, 0.4) is 0 Å². The minimum Gasteiger partial charge on any atom is -0.363 e. The maximum absolute atomic E-state index is 12.7. The third-order valence-electron chi connectivity index (χ3n) is 3.32. The van der Waals surface area contributed by atoms with Crippen LogP contribution in [0.1, 0.15) is 24.0 Å². The molecule has 6 nitrogen and oxygen atoms in total. The van der Waals surface area contributed by atoms with Crippen molar-refractivity contribution < 1.29 is 13.2 Å². The molecule has 0 unspecified atom stereocenters. The lowest BCUT2D eigenvalue weighted by Crippen LogP contribution is -2.08. The lowest BCUT2D eigenvalue weighted by Gasteiger charge is -2.07. The molecule has 3 aromatic rings. The van der Waals surface area contributed by atoms with Gasteiger partial charge in [0.25, 0.3) is 0 Å². The second kappa shape index (κ2) is 5.82. The molecule has 0 saturated carbocycles. The number of nitrogens with zero attached hydrogens (tertiary/aromatic N) is 5. The van der Waals surface area contributed by atoms with Crippen molar-refractivity contribution in [1.29, 1.82) is 0 Å². The van der Waals surface area contributed by atoms with Crippen LogP contribution in [-0.2, 0) is 19.1 Å². The molecule has 3 aromatic heterocycles. The van der Waals surface area contributed by atoms with Crippen molar-refractivity contribution >= 4 is 11.5 Å². The largest absolute Gasteiger partial charge is 0.416 e. The van der Waals surface area contributed by atoms with E-state index in [1.54, 1.807) is 0 Å². The molecule has 1 N–H and O–H groups in total. The van der Waals surface area contributed by atoms with Crippen LogP contribution in [0.15, 0.2) is 30.7 Å². The van der Waals surface area contributed by atoms with Gasteiger partial charge in [0.15, 0.2) is 11.5 Å². The number of hydrogen-bond acceptors (Lipinski definition) is 5. The van der Waals surface area contributed by atoms with Crippen molar-refractivity contribution in [1.82, 2.24) is 24.6 Å². The van der Waals surface area contributed by atoms with Crippen LogP contribution in [0.5, 0.6) is 0 Å². The molecule has 0 aromatic carbocycles. The first kappa shape index (κ1) is 15.2. The Kier molecular flexibility index (Phi) is 3.85. The standard InChI is InChI=1S/C14H13F3N6/c1-2-10-6-11(20-8-19-10)18-7-13-22-21-12-5-9(14(15,16)17)3-4-23(12)13/h3-6,8H,2,7H2,1H3,(H,18,19,20). The highest BCUT2D eigenvalue weighted by Crippen LogP contribution is 2.29. The average molecular weight is 322 g/mol. The number of aromatic nitrogens is 5. The van der Waals surface area contributed by atoms with Crippen LogP contribution in [0.2, 0.25) is 0 Å². The Balaban J connectivity index is 1.81. The molecule has 0 saturated heterocycles. The Hall–Kier alpha value is -2.71. The summed E-state index contributed by atoms with van der Waals surface area (Å²) in [4.78, 5) is 8.18. The number of halogens is 3. The summed E-state index contributed by atoms with van der Waals surface area (Å²) < 4.78 is 39.5. The zero-order valence-electron chi connectivity index (χ0n) is 12.2. The summed E-state index contributed by atoms with van der Waals surface area (Å²) in [7, 11) is 0. The molecular formula is C14H13F3N6. The molecule has 9 heteroatoms. The number of anilines is 1. The molecule has 0 aliphatic rings. The first-order valence-corrected chi connectivity index (χ1v) is 6.93. The molecule has 3 heterocycles. The van der Waals surface area contributed by atoms with Crippen LogP contribution in [-0.4, -0.2) is 24.6 Å². The zero-order valence-corrected chi connectivity index (χ0v) is 12.2. The van der Waals surface area contributed by atoms with Gasteiger partial charge in [-0.05, 0) is 18.6 Å². The monoisotopic (exact) mass is 322 g/mol. The van der Waals surface area contributed by atoms with Gasteiger partial charge in [-0.25, -0.2) is 9.97 Å². The highest BCUT2D eigenvalue weighted by atomic mass is 19.4. The summed E-state index contributed by atoms with van der Waals surface area (Å²) in [6.45, 7) is 2.27. The highest BCUT2D eigenvalue weighted by molar-refractivity contribution is 5.43. The summed E-state index contributed by atoms with van der Waals surface area (Å²) >= 11 is 0. The van der Waals surface area contributed by atoms with E-state index in [1.807, 2.05) is 13.0 Å². The minimum atomic E-state index is -4.40. The van der Waals surface area contributed by atoms with E-state index in [-0.39, 0.29) is 12.2 Å². The number of pyridine rings is 1. The van der Waals surface area contributed by atoms with Gasteiger partial charge in [0.2, 0.25) is 0 Å². The second-order valence-electron chi connectivity index (χ2n) is 4.86. The smallest absolute Gasteiger partial charge is 0.363 e. The van der Waals surface area contributed by atoms with Gasteiger partial charge in [0.05, 0.1) is 12.1 Å². The van der Waals surface area contributed by atoms with Crippen LogP contribution in [0, 0.1) is 0 Å².